The minimum atomic E-state index is -4.22. The summed E-state index contributed by atoms with van der Waals surface area (Å²) in [7, 11) is -0.244. The van der Waals surface area contributed by atoms with Crippen molar-refractivity contribution in [2.24, 2.45) is 0 Å². The summed E-state index contributed by atoms with van der Waals surface area (Å²) >= 11 is 0. The summed E-state index contributed by atoms with van der Waals surface area (Å²) in [5.41, 5.74) is 4.39. The van der Waals surface area contributed by atoms with Gasteiger partial charge in [0.15, 0.2) is 11.5 Å². The Hall–Kier alpha value is -4.76. The first-order chi connectivity index (χ1) is 20.3. The fraction of sp³-hybridized carbons (Fsp3) is 0.182. The Morgan fingerprint density at radius 3 is 2.36 bits per heavy atom. The van der Waals surface area contributed by atoms with E-state index in [0.29, 0.717) is 18.9 Å². The van der Waals surface area contributed by atoms with Crippen molar-refractivity contribution in [3.8, 4) is 11.5 Å². The molecule has 4 aromatic carbocycles. The first kappa shape index (κ1) is 28.8. The molecule has 0 saturated carbocycles. The van der Waals surface area contributed by atoms with E-state index in [9.17, 15) is 13.2 Å². The number of hydrogen-bond acceptors (Lipinski definition) is 6. The fourth-order valence-electron chi connectivity index (χ4n) is 4.84. The van der Waals surface area contributed by atoms with E-state index in [1.165, 1.54) is 24.3 Å². The molecule has 9 heteroatoms. The summed E-state index contributed by atoms with van der Waals surface area (Å²) in [5.74, 6) is -0.140. The molecule has 2 N–H and O–H groups in total. The van der Waals surface area contributed by atoms with E-state index in [0.717, 1.165) is 27.7 Å². The van der Waals surface area contributed by atoms with Crippen molar-refractivity contribution >= 4 is 32.6 Å². The van der Waals surface area contributed by atoms with Crippen molar-refractivity contribution in [1.29, 1.82) is 0 Å². The number of rotatable bonds is 11. The highest BCUT2D eigenvalue weighted by atomic mass is 32.2. The fourth-order valence-corrected chi connectivity index (χ4v) is 5.83. The third-order valence-electron chi connectivity index (χ3n) is 7.01. The normalized spacial score (nSPS) is 12.1. The summed E-state index contributed by atoms with van der Waals surface area (Å²) in [4.78, 5) is 18.6. The van der Waals surface area contributed by atoms with Crippen LogP contribution in [0, 0.1) is 0 Å². The van der Waals surface area contributed by atoms with Crippen molar-refractivity contribution in [3.05, 3.63) is 120 Å². The predicted octanol–water partition coefficient (Wildman–Crippen LogP) is 5.96. The quantitative estimate of drug-likeness (QED) is 0.186. The molecule has 5 rings (SSSR count). The van der Waals surface area contributed by atoms with Gasteiger partial charge in [-0.3, -0.25) is 4.79 Å². The molecule has 1 atom stereocenters. The molecule has 8 nitrogen and oxygen atoms in total. The SMILES string of the molecule is CCOc1ccccc1OS(=O)(=O)c1cccc(C(=O)NC[C@@H](c2ccc(N(C)C)cc2)c2c[nH]c3ccccc23)c1. The highest BCUT2D eigenvalue weighted by Gasteiger charge is 2.23. The van der Waals surface area contributed by atoms with Crippen molar-refractivity contribution in [1.82, 2.24) is 10.3 Å². The van der Waals surface area contributed by atoms with E-state index in [-0.39, 0.29) is 22.1 Å². The number of nitrogens with one attached hydrogen (secondary N) is 2. The Labute approximate surface area is 246 Å². The maximum Gasteiger partial charge on any atom is 0.339 e. The maximum atomic E-state index is 13.4. The summed E-state index contributed by atoms with van der Waals surface area (Å²) in [6, 6.07) is 28.7. The van der Waals surface area contributed by atoms with Crippen LogP contribution in [-0.2, 0) is 10.1 Å². The average Bonchev–Trinajstić information content (AvgIpc) is 3.42. The number of aromatic nitrogens is 1. The second kappa shape index (κ2) is 12.4. The summed E-state index contributed by atoms with van der Waals surface area (Å²) in [6.07, 6.45) is 1.98. The first-order valence-corrected chi connectivity index (χ1v) is 15.1. The highest BCUT2D eigenvalue weighted by Crippen LogP contribution is 2.32. The Kier molecular flexibility index (Phi) is 8.49. The molecule has 0 aliphatic heterocycles. The average molecular weight is 584 g/mol. The van der Waals surface area contributed by atoms with Gasteiger partial charge in [0.25, 0.3) is 5.91 Å². The highest BCUT2D eigenvalue weighted by molar-refractivity contribution is 7.87. The molecule has 0 radical (unpaired) electrons. The third kappa shape index (κ3) is 6.26. The molecule has 0 bridgehead atoms. The van der Waals surface area contributed by atoms with Gasteiger partial charge in [-0.2, -0.15) is 8.42 Å². The minimum Gasteiger partial charge on any atom is -0.490 e. The molecule has 1 aromatic heterocycles. The zero-order chi connectivity index (χ0) is 29.7. The summed E-state index contributed by atoms with van der Waals surface area (Å²) in [5, 5.41) is 4.10. The molecule has 5 aromatic rings. The molecule has 0 spiro atoms. The summed E-state index contributed by atoms with van der Waals surface area (Å²) in [6.45, 7) is 2.46. The van der Waals surface area contributed by atoms with Crippen LogP contribution in [0.3, 0.4) is 0 Å². The number of benzene rings is 4. The second-order valence-electron chi connectivity index (χ2n) is 9.98. The number of fused-ring (bicyclic) bond motifs is 1. The number of amides is 1. The van der Waals surface area contributed by atoms with Gasteiger partial charge in [0.2, 0.25) is 0 Å². The zero-order valence-corrected chi connectivity index (χ0v) is 24.5. The molecule has 0 fully saturated rings. The topological polar surface area (TPSA) is 101 Å². The van der Waals surface area contributed by atoms with Gasteiger partial charge >= 0.3 is 10.1 Å². The second-order valence-corrected chi connectivity index (χ2v) is 11.5. The number of carbonyl (C=O) groups is 1. The number of carbonyl (C=O) groups excluding carboxylic acids is 1. The van der Waals surface area contributed by atoms with E-state index in [2.05, 4.69) is 40.6 Å². The molecule has 216 valence electrons. The number of H-pyrrole nitrogens is 1. The van der Waals surface area contributed by atoms with Crippen molar-refractivity contribution < 1.29 is 22.1 Å². The molecular formula is C33H33N3O5S. The molecule has 0 aliphatic rings. The molecule has 42 heavy (non-hydrogen) atoms. The lowest BCUT2D eigenvalue weighted by molar-refractivity contribution is 0.0952. The van der Waals surface area contributed by atoms with Crippen LogP contribution in [-0.4, -0.2) is 46.6 Å². The van der Waals surface area contributed by atoms with Gasteiger partial charge in [-0.05, 0) is 66.6 Å². The number of nitrogens with zero attached hydrogens (tertiary/aromatic N) is 1. The van der Waals surface area contributed by atoms with Gasteiger partial charge in [0.1, 0.15) is 4.90 Å². The van der Waals surface area contributed by atoms with Gasteiger partial charge in [-0.15, -0.1) is 0 Å². The summed E-state index contributed by atoms with van der Waals surface area (Å²) < 4.78 is 37.1. The number of anilines is 1. The van der Waals surface area contributed by atoms with Crippen LogP contribution in [0.2, 0.25) is 0 Å². The maximum absolute atomic E-state index is 13.4. The molecule has 0 unspecified atom stereocenters. The first-order valence-electron chi connectivity index (χ1n) is 13.6. The molecule has 0 aliphatic carbocycles. The van der Waals surface area contributed by atoms with Crippen LogP contribution in [0.1, 0.15) is 34.3 Å². The van der Waals surface area contributed by atoms with Gasteiger partial charge in [-0.25, -0.2) is 0 Å². The minimum absolute atomic E-state index is 0.0797. The van der Waals surface area contributed by atoms with E-state index in [4.69, 9.17) is 8.92 Å². The van der Waals surface area contributed by atoms with Crippen molar-refractivity contribution in [3.63, 3.8) is 0 Å². The monoisotopic (exact) mass is 583 g/mol. The third-order valence-corrected chi connectivity index (χ3v) is 8.24. The van der Waals surface area contributed by atoms with Gasteiger partial charge in [0, 0.05) is 54.9 Å². The van der Waals surface area contributed by atoms with Crippen molar-refractivity contribution in [2.75, 3.05) is 32.1 Å². The number of aromatic amines is 1. The Morgan fingerprint density at radius 1 is 0.905 bits per heavy atom. The lowest BCUT2D eigenvalue weighted by Crippen LogP contribution is -2.29. The van der Waals surface area contributed by atoms with Crippen LogP contribution in [0.15, 0.2) is 108 Å². The predicted molar refractivity (Wildman–Crippen MR) is 165 cm³/mol. The molecule has 0 saturated heterocycles. The smallest absolute Gasteiger partial charge is 0.339 e. The van der Waals surface area contributed by atoms with E-state index in [1.807, 2.05) is 43.4 Å². The number of para-hydroxylation sites is 3. The number of ether oxygens (including phenoxy) is 1. The van der Waals surface area contributed by atoms with Gasteiger partial charge < -0.3 is 24.1 Å². The lowest BCUT2D eigenvalue weighted by Gasteiger charge is -2.20. The van der Waals surface area contributed by atoms with Crippen LogP contribution < -0.4 is 19.1 Å². The molecule has 1 heterocycles. The Morgan fingerprint density at radius 2 is 1.62 bits per heavy atom. The van der Waals surface area contributed by atoms with Gasteiger partial charge in [-0.1, -0.05) is 48.5 Å². The number of hydrogen-bond donors (Lipinski definition) is 2. The molecule has 1 amide bonds. The Balaban J connectivity index is 1.38. The van der Waals surface area contributed by atoms with Crippen LogP contribution in [0.4, 0.5) is 5.69 Å². The van der Waals surface area contributed by atoms with E-state index < -0.39 is 16.0 Å². The standard InChI is InChI=1S/C33H33N3O5S/c1-4-40-31-14-7-8-15-32(31)41-42(38,39)26-11-9-10-24(20-26)33(37)35-21-28(23-16-18-25(19-17-23)36(2)3)29-22-34-30-13-6-5-12-27(29)30/h5-20,22,28,34H,4,21H2,1-3H3,(H,35,37)/t28-/m0/s1. The van der Waals surface area contributed by atoms with Gasteiger partial charge in [0.05, 0.1) is 6.61 Å². The van der Waals surface area contributed by atoms with Crippen LogP contribution in [0.25, 0.3) is 10.9 Å². The van der Waals surface area contributed by atoms with Crippen LogP contribution >= 0.6 is 0 Å². The Bertz CT molecular complexity index is 1800. The zero-order valence-electron chi connectivity index (χ0n) is 23.7. The van der Waals surface area contributed by atoms with Crippen LogP contribution in [0.5, 0.6) is 11.5 Å². The lowest BCUT2D eigenvalue weighted by atomic mass is 9.90. The largest absolute Gasteiger partial charge is 0.490 e. The van der Waals surface area contributed by atoms with E-state index >= 15 is 0 Å². The van der Waals surface area contributed by atoms with E-state index in [1.54, 1.807) is 31.2 Å². The van der Waals surface area contributed by atoms with Crippen molar-refractivity contribution in [2.45, 2.75) is 17.7 Å². The molecular weight excluding hydrogens is 550 g/mol.